The van der Waals surface area contributed by atoms with Crippen molar-refractivity contribution in [2.45, 2.75) is 39.2 Å². The first-order chi connectivity index (χ1) is 4.55. The van der Waals surface area contributed by atoms with E-state index in [1.807, 2.05) is 0 Å². The predicted octanol–water partition coefficient (Wildman–Crippen LogP) is -0.708. The molecule has 0 aromatic heterocycles. The van der Waals surface area contributed by atoms with Gasteiger partial charge in [0.25, 0.3) is 0 Å². The summed E-state index contributed by atoms with van der Waals surface area (Å²) in [4.78, 5) is 2.35. The van der Waals surface area contributed by atoms with Crippen LogP contribution in [0.25, 0.3) is 0 Å². The van der Waals surface area contributed by atoms with Crippen molar-refractivity contribution < 1.29 is 18.9 Å². The van der Waals surface area contributed by atoms with Crippen LogP contribution in [0.5, 0.6) is 0 Å². The molecule has 11 heavy (non-hydrogen) atoms. The molecule has 1 atom stereocenters. The Morgan fingerprint density at radius 1 is 1.45 bits per heavy atom. The summed E-state index contributed by atoms with van der Waals surface area (Å²) >= 11 is 0. The maximum atomic E-state index is 2.35. The summed E-state index contributed by atoms with van der Waals surface area (Å²) in [5.41, 5.74) is 0.373. The zero-order valence-electron chi connectivity index (χ0n) is 8.52. The van der Waals surface area contributed by atoms with E-state index in [1.54, 1.807) is 0 Å². The first kappa shape index (κ1) is 11.6. The Morgan fingerprint density at radius 2 is 2.00 bits per heavy atom. The van der Waals surface area contributed by atoms with Crippen molar-refractivity contribution in [3.05, 3.63) is 6.54 Å². The van der Waals surface area contributed by atoms with Gasteiger partial charge in [0.1, 0.15) is 0 Å². The molecule has 0 aliphatic carbocycles. The molecule has 0 aromatic rings. The topological polar surface area (TPSA) is 3.24 Å². The minimum absolute atomic E-state index is 0. The Hall–Kier alpha value is 0.557. The number of hydrogen-bond acceptors (Lipinski definition) is 1. The van der Waals surface area contributed by atoms with E-state index in [4.69, 9.17) is 0 Å². The average molecular weight is 147 g/mol. The second-order valence-corrected chi connectivity index (χ2v) is 3.93. The maximum Gasteiger partial charge on any atom is 1.00 e. The van der Waals surface area contributed by atoms with Crippen molar-refractivity contribution in [2.75, 3.05) is 7.05 Å². The summed E-state index contributed by atoms with van der Waals surface area (Å²) in [5, 5.41) is 0. The van der Waals surface area contributed by atoms with Crippen LogP contribution in [0.2, 0.25) is 0 Å². The molecule has 1 aliphatic heterocycles. The second kappa shape index (κ2) is 3.98. The van der Waals surface area contributed by atoms with E-state index in [0.717, 1.165) is 5.92 Å². The quantitative estimate of drug-likeness (QED) is 0.323. The van der Waals surface area contributed by atoms with Crippen LogP contribution in [0, 0.1) is 12.5 Å². The van der Waals surface area contributed by atoms with E-state index >= 15 is 0 Å². The Morgan fingerprint density at radius 3 is 2.36 bits per heavy atom. The summed E-state index contributed by atoms with van der Waals surface area (Å²) in [6.07, 6.45) is 2.60. The standard InChI is InChI=1S/C9H18N.Li/c1-8-6-5-7-10(4)9(8,2)3;/h7-8H,5-6H2,1-4H3;/q-1;+1. The number of rotatable bonds is 0. The van der Waals surface area contributed by atoms with Crippen LogP contribution in [-0.2, 0) is 0 Å². The van der Waals surface area contributed by atoms with Crippen LogP contribution in [-0.4, -0.2) is 17.5 Å². The van der Waals surface area contributed by atoms with E-state index < -0.39 is 0 Å². The summed E-state index contributed by atoms with van der Waals surface area (Å²) in [6, 6.07) is 0. The second-order valence-electron chi connectivity index (χ2n) is 3.93. The minimum atomic E-state index is 0. The third-order valence-electron chi connectivity index (χ3n) is 3.12. The molecule has 1 heterocycles. The minimum Gasteiger partial charge on any atom is -0.454 e. The van der Waals surface area contributed by atoms with E-state index in [2.05, 4.69) is 39.3 Å². The van der Waals surface area contributed by atoms with Crippen LogP contribution in [0.4, 0.5) is 0 Å². The van der Waals surface area contributed by atoms with Gasteiger partial charge in [-0.2, -0.15) is 6.42 Å². The van der Waals surface area contributed by atoms with Crippen LogP contribution in [0.15, 0.2) is 0 Å². The van der Waals surface area contributed by atoms with Gasteiger partial charge in [-0.05, 0) is 32.4 Å². The number of piperidine rings is 1. The van der Waals surface area contributed by atoms with Crippen LogP contribution in [0.3, 0.4) is 0 Å². The van der Waals surface area contributed by atoms with Gasteiger partial charge in [0.2, 0.25) is 0 Å². The fraction of sp³-hybridized carbons (Fsp3) is 0.889. The van der Waals surface area contributed by atoms with E-state index in [0.29, 0.717) is 5.54 Å². The molecule has 1 rings (SSSR count). The van der Waals surface area contributed by atoms with Gasteiger partial charge in [-0.25, -0.2) is 0 Å². The molecule has 0 N–H and O–H groups in total. The van der Waals surface area contributed by atoms with Gasteiger partial charge < -0.3 is 4.90 Å². The molecule has 0 aromatic carbocycles. The van der Waals surface area contributed by atoms with Gasteiger partial charge in [-0.15, -0.1) is 0 Å². The van der Waals surface area contributed by atoms with Crippen LogP contribution in [0.1, 0.15) is 33.6 Å². The Kier molecular flexibility index (Phi) is 4.19. The molecule has 0 bridgehead atoms. The summed E-state index contributed by atoms with van der Waals surface area (Å²) in [6.45, 7) is 9.27. The zero-order chi connectivity index (χ0) is 7.78. The van der Waals surface area contributed by atoms with Crippen molar-refractivity contribution >= 4 is 0 Å². The molecule has 1 aliphatic rings. The largest absolute Gasteiger partial charge is 1.00 e. The van der Waals surface area contributed by atoms with Gasteiger partial charge in [-0.1, -0.05) is 13.3 Å². The van der Waals surface area contributed by atoms with Gasteiger partial charge in [-0.3, -0.25) is 6.54 Å². The molecule has 0 spiro atoms. The molecule has 1 nitrogen and oxygen atoms in total. The Balaban J connectivity index is 0.000001000. The fourth-order valence-corrected chi connectivity index (χ4v) is 1.45. The van der Waals surface area contributed by atoms with Crippen LogP contribution < -0.4 is 18.9 Å². The van der Waals surface area contributed by atoms with E-state index in [1.165, 1.54) is 12.8 Å². The molecular weight excluding hydrogens is 129 g/mol. The van der Waals surface area contributed by atoms with Gasteiger partial charge in [0, 0.05) is 0 Å². The maximum absolute atomic E-state index is 2.35. The van der Waals surface area contributed by atoms with E-state index in [-0.39, 0.29) is 18.9 Å². The molecule has 60 valence electrons. The molecule has 0 amide bonds. The van der Waals surface area contributed by atoms with Crippen molar-refractivity contribution in [3.63, 3.8) is 0 Å². The van der Waals surface area contributed by atoms with E-state index in [9.17, 15) is 0 Å². The molecule has 1 unspecified atom stereocenters. The third-order valence-corrected chi connectivity index (χ3v) is 3.12. The average Bonchev–Trinajstić information content (AvgIpc) is 1.84. The Labute approximate surface area is 82.7 Å². The van der Waals surface area contributed by atoms with Crippen LogP contribution >= 0.6 is 0 Å². The molecule has 0 saturated carbocycles. The third kappa shape index (κ3) is 2.24. The summed E-state index contributed by atoms with van der Waals surface area (Å²) < 4.78 is 0. The monoisotopic (exact) mass is 147 g/mol. The molecule has 0 radical (unpaired) electrons. The zero-order valence-corrected chi connectivity index (χ0v) is 8.52. The fourth-order valence-electron chi connectivity index (χ4n) is 1.45. The van der Waals surface area contributed by atoms with Crippen molar-refractivity contribution in [1.82, 2.24) is 4.90 Å². The number of hydrogen-bond donors (Lipinski definition) is 0. The number of likely N-dealkylation sites (tertiary alicyclic amines) is 1. The van der Waals surface area contributed by atoms with Gasteiger partial charge >= 0.3 is 18.9 Å². The number of nitrogens with zero attached hydrogens (tertiary/aromatic N) is 1. The van der Waals surface area contributed by atoms with Gasteiger partial charge in [0.05, 0.1) is 0 Å². The van der Waals surface area contributed by atoms with Crippen molar-refractivity contribution in [2.24, 2.45) is 5.92 Å². The van der Waals surface area contributed by atoms with Crippen molar-refractivity contribution in [1.29, 1.82) is 0 Å². The first-order valence-corrected chi connectivity index (χ1v) is 4.11. The molecular formula is C9H18LiN. The normalized spacial score (nSPS) is 31.1. The first-order valence-electron chi connectivity index (χ1n) is 4.11. The molecule has 1 fully saturated rings. The molecule has 2 heteroatoms. The van der Waals surface area contributed by atoms with Crippen molar-refractivity contribution in [3.8, 4) is 0 Å². The SMILES string of the molecule is CC1CC[CH-]N(C)C1(C)C.[Li+]. The molecule has 1 saturated heterocycles. The van der Waals surface area contributed by atoms with Gasteiger partial charge in [0.15, 0.2) is 0 Å². The summed E-state index contributed by atoms with van der Waals surface area (Å²) in [7, 11) is 2.18. The Bertz CT molecular complexity index is 111. The summed E-state index contributed by atoms with van der Waals surface area (Å²) in [5.74, 6) is 0.822. The smallest absolute Gasteiger partial charge is 0.454 e. The predicted molar refractivity (Wildman–Crippen MR) is 44.5 cm³/mol.